The lowest BCUT2D eigenvalue weighted by atomic mass is 10.1. The fraction of sp³-hybridized carbons (Fsp3) is 0.385. The standard InChI is InChI=1S/C14H20N2O5.C10H14N2O.C2H4O2/c1-9(15)13(18)20-6-7-21-14(19)12(16)8-10-2-4-11(17)5-3-10;1-8(11)10(13)12(2)9-6-4-3-5-7-9;1-2(3)4/h2-5,9,12,17H,6-8,15-16H2,1H3;3-8H,11H2,1-2H3;1H3,(H,3,4)/t9-,12+;8-;/m10./s1. The molecule has 0 fully saturated rings. The molecule has 0 spiro atoms. The van der Waals surface area contributed by atoms with Crippen LogP contribution < -0.4 is 22.1 Å². The Hall–Kier alpha value is -4.00. The Labute approximate surface area is 222 Å². The minimum Gasteiger partial charge on any atom is -0.508 e. The van der Waals surface area contributed by atoms with E-state index in [-0.39, 0.29) is 24.9 Å². The molecule has 0 unspecified atom stereocenters. The number of carboxylic acids is 1. The molecule has 0 radical (unpaired) electrons. The van der Waals surface area contributed by atoms with E-state index in [1.54, 1.807) is 31.0 Å². The smallest absolute Gasteiger partial charge is 0.323 e. The summed E-state index contributed by atoms with van der Waals surface area (Å²) >= 11 is 0. The number of carboxylic acid groups (broad SMARTS) is 1. The number of phenolic OH excluding ortho intramolecular Hbond substituents is 1. The Morgan fingerprint density at radius 3 is 1.76 bits per heavy atom. The van der Waals surface area contributed by atoms with Crippen molar-refractivity contribution in [2.75, 3.05) is 25.2 Å². The van der Waals surface area contributed by atoms with Crippen LogP contribution in [0, 0.1) is 0 Å². The van der Waals surface area contributed by atoms with Gasteiger partial charge in [0.05, 0.1) is 6.04 Å². The van der Waals surface area contributed by atoms with Crippen LogP contribution in [0.3, 0.4) is 0 Å². The van der Waals surface area contributed by atoms with E-state index in [0.29, 0.717) is 6.42 Å². The molecule has 0 saturated heterocycles. The maximum atomic E-state index is 11.6. The van der Waals surface area contributed by atoms with Crippen molar-refractivity contribution in [2.45, 2.75) is 45.3 Å². The van der Waals surface area contributed by atoms with E-state index in [4.69, 9.17) is 41.7 Å². The van der Waals surface area contributed by atoms with Crippen LogP contribution in [-0.2, 0) is 35.1 Å². The van der Waals surface area contributed by atoms with Crippen LogP contribution in [0.25, 0.3) is 0 Å². The molecule has 0 heterocycles. The summed E-state index contributed by atoms with van der Waals surface area (Å²) in [5, 5.41) is 16.6. The highest BCUT2D eigenvalue weighted by molar-refractivity contribution is 5.96. The van der Waals surface area contributed by atoms with Crippen molar-refractivity contribution in [1.82, 2.24) is 0 Å². The molecule has 0 aliphatic heterocycles. The third kappa shape index (κ3) is 15.2. The first-order chi connectivity index (χ1) is 17.8. The van der Waals surface area contributed by atoms with Gasteiger partial charge in [0, 0.05) is 19.7 Å². The van der Waals surface area contributed by atoms with Crippen molar-refractivity contribution in [3.8, 4) is 5.75 Å². The molecule has 38 heavy (non-hydrogen) atoms. The maximum absolute atomic E-state index is 11.6. The number of nitrogens with two attached hydrogens (primary N) is 3. The Bertz CT molecular complexity index is 994. The molecule has 1 amide bonds. The molecule has 3 atom stereocenters. The van der Waals surface area contributed by atoms with Crippen molar-refractivity contribution in [2.24, 2.45) is 17.2 Å². The lowest BCUT2D eigenvalue weighted by molar-refractivity contribution is -0.153. The van der Waals surface area contributed by atoms with Gasteiger partial charge in [-0.25, -0.2) is 0 Å². The molecule has 2 rings (SSSR count). The molecule has 12 heteroatoms. The first-order valence-corrected chi connectivity index (χ1v) is 11.7. The number of ether oxygens (including phenoxy) is 2. The van der Waals surface area contributed by atoms with Gasteiger partial charge >= 0.3 is 11.9 Å². The molecular formula is C26H38N4O8. The summed E-state index contributed by atoms with van der Waals surface area (Å²) in [5.74, 6) is -1.91. The number of anilines is 1. The monoisotopic (exact) mass is 534 g/mol. The molecule has 0 aliphatic rings. The summed E-state index contributed by atoms with van der Waals surface area (Å²) in [6.07, 6.45) is 0.290. The van der Waals surface area contributed by atoms with Gasteiger partial charge in [0.15, 0.2) is 0 Å². The molecule has 2 aromatic carbocycles. The van der Waals surface area contributed by atoms with Gasteiger partial charge in [-0.1, -0.05) is 30.3 Å². The normalized spacial score (nSPS) is 12.2. The van der Waals surface area contributed by atoms with Crippen molar-refractivity contribution in [3.05, 3.63) is 60.2 Å². The first-order valence-electron chi connectivity index (χ1n) is 11.7. The summed E-state index contributed by atoms with van der Waals surface area (Å²) in [6.45, 7) is 4.14. The quantitative estimate of drug-likeness (QED) is 0.224. The molecule has 0 bridgehead atoms. The molecule has 2 aromatic rings. The second-order valence-electron chi connectivity index (χ2n) is 8.14. The predicted molar refractivity (Wildman–Crippen MR) is 142 cm³/mol. The number of amides is 1. The van der Waals surface area contributed by atoms with E-state index in [1.165, 1.54) is 19.1 Å². The second-order valence-corrected chi connectivity index (χ2v) is 8.14. The molecular weight excluding hydrogens is 496 g/mol. The van der Waals surface area contributed by atoms with Gasteiger partial charge < -0.3 is 41.8 Å². The third-order valence-corrected chi connectivity index (χ3v) is 4.50. The van der Waals surface area contributed by atoms with Crippen LogP contribution in [0.15, 0.2) is 54.6 Å². The van der Waals surface area contributed by atoms with E-state index >= 15 is 0 Å². The average molecular weight is 535 g/mol. The summed E-state index contributed by atoms with van der Waals surface area (Å²) in [6, 6.07) is 13.8. The summed E-state index contributed by atoms with van der Waals surface area (Å²) < 4.78 is 9.65. The molecule has 210 valence electrons. The number of rotatable bonds is 9. The van der Waals surface area contributed by atoms with E-state index in [1.807, 2.05) is 30.3 Å². The summed E-state index contributed by atoms with van der Waals surface area (Å²) in [5.41, 5.74) is 18.2. The number of phenols is 1. The number of para-hydroxylation sites is 1. The Morgan fingerprint density at radius 2 is 1.32 bits per heavy atom. The van der Waals surface area contributed by atoms with Gasteiger partial charge in [0.2, 0.25) is 5.91 Å². The zero-order valence-corrected chi connectivity index (χ0v) is 22.1. The highest BCUT2D eigenvalue weighted by Gasteiger charge is 2.16. The van der Waals surface area contributed by atoms with E-state index < -0.39 is 36.0 Å². The van der Waals surface area contributed by atoms with E-state index in [2.05, 4.69) is 0 Å². The van der Waals surface area contributed by atoms with Crippen LogP contribution >= 0.6 is 0 Å². The van der Waals surface area contributed by atoms with Crippen LogP contribution in [0.1, 0.15) is 26.3 Å². The van der Waals surface area contributed by atoms with E-state index in [9.17, 15) is 14.4 Å². The molecule has 0 saturated carbocycles. The van der Waals surface area contributed by atoms with Gasteiger partial charge in [0.25, 0.3) is 5.97 Å². The van der Waals surface area contributed by atoms with Gasteiger partial charge in [-0.3, -0.25) is 19.2 Å². The Kier molecular flexibility index (Phi) is 16.4. The highest BCUT2D eigenvalue weighted by Crippen LogP contribution is 2.12. The molecule has 12 nitrogen and oxygen atoms in total. The predicted octanol–water partition coefficient (Wildman–Crippen LogP) is 0.783. The number of benzene rings is 2. The minimum absolute atomic E-state index is 0.0575. The number of carbonyl (C=O) groups is 4. The Morgan fingerprint density at radius 1 is 0.842 bits per heavy atom. The van der Waals surface area contributed by atoms with Gasteiger partial charge in [-0.2, -0.15) is 0 Å². The summed E-state index contributed by atoms with van der Waals surface area (Å²) in [7, 11) is 1.72. The van der Waals surface area contributed by atoms with Crippen molar-refractivity contribution < 1.29 is 38.9 Å². The number of likely N-dealkylation sites (N-methyl/N-ethyl adjacent to an activating group) is 1. The number of esters is 2. The van der Waals surface area contributed by atoms with Gasteiger partial charge in [0.1, 0.15) is 31.0 Å². The highest BCUT2D eigenvalue weighted by atomic mass is 16.6. The number of nitrogens with zero attached hydrogens (tertiary/aromatic N) is 1. The number of carbonyl (C=O) groups excluding carboxylic acids is 3. The van der Waals surface area contributed by atoms with Crippen LogP contribution in [0.5, 0.6) is 5.75 Å². The van der Waals surface area contributed by atoms with Crippen LogP contribution in [0.4, 0.5) is 5.69 Å². The van der Waals surface area contributed by atoms with E-state index in [0.717, 1.165) is 18.2 Å². The zero-order chi connectivity index (χ0) is 29.3. The minimum atomic E-state index is -0.833. The number of hydrogen-bond acceptors (Lipinski definition) is 10. The van der Waals surface area contributed by atoms with Crippen molar-refractivity contribution in [1.29, 1.82) is 0 Å². The lowest BCUT2D eigenvalue weighted by Crippen LogP contribution is -2.39. The third-order valence-electron chi connectivity index (χ3n) is 4.50. The molecule has 0 aromatic heterocycles. The van der Waals surface area contributed by atoms with Gasteiger partial charge in [-0.15, -0.1) is 0 Å². The maximum Gasteiger partial charge on any atom is 0.323 e. The lowest BCUT2D eigenvalue weighted by Gasteiger charge is -2.18. The molecule has 8 N–H and O–H groups in total. The Balaban J connectivity index is 0.000000682. The average Bonchev–Trinajstić information content (AvgIpc) is 2.87. The van der Waals surface area contributed by atoms with Crippen molar-refractivity contribution >= 4 is 29.5 Å². The SMILES string of the molecule is CC(=O)O.C[C@@H](N)C(=O)OCCOC(=O)[C@@H](N)Cc1ccc(O)cc1.C[C@H](N)C(=O)N(C)c1ccccc1. The number of hydrogen-bond donors (Lipinski definition) is 5. The van der Waals surface area contributed by atoms with Crippen LogP contribution in [0.2, 0.25) is 0 Å². The zero-order valence-electron chi connectivity index (χ0n) is 22.1. The topological polar surface area (TPSA) is 208 Å². The largest absolute Gasteiger partial charge is 0.508 e. The van der Waals surface area contributed by atoms with Crippen LogP contribution in [-0.4, -0.2) is 72.4 Å². The fourth-order valence-corrected chi connectivity index (χ4v) is 2.58. The number of aliphatic carboxylic acids is 1. The summed E-state index contributed by atoms with van der Waals surface area (Å²) in [4.78, 5) is 44.7. The number of aromatic hydroxyl groups is 1. The first kappa shape index (κ1) is 34.0. The second kappa shape index (κ2) is 18.3. The van der Waals surface area contributed by atoms with Crippen molar-refractivity contribution in [3.63, 3.8) is 0 Å². The van der Waals surface area contributed by atoms with Gasteiger partial charge in [-0.05, 0) is 50.1 Å². The molecule has 0 aliphatic carbocycles. The fourth-order valence-electron chi connectivity index (χ4n) is 2.58.